The molecule has 6 heteroatoms. The minimum absolute atomic E-state index is 0.0295. The SMILES string of the molecule is CNC(=O)CN1CCC(NC(=O)C(C)Cl)CC1. The Morgan fingerprint density at radius 3 is 2.47 bits per heavy atom. The van der Waals surface area contributed by atoms with Gasteiger partial charge >= 0.3 is 0 Å². The number of piperidine rings is 1. The van der Waals surface area contributed by atoms with E-state index in [2.05, 4.69) is 15.5 Å². The molecule has 0 spiro atoms. The third kappa shape index (κ3) is 4.91. The minimum atomic E-state index is -0.487. The molecule has 0 aliphatic carbocycles. The summed E-state index contributed by atoms with van der Waals surface area (Å²) in [6.07, 6.45) is 1.73. The normalized spacial score (nSPS) is 19.7. The Hall–Kier alpha value is -0.810. The molecule has 1 saturated heterocycles. The number of halogens is 1. The van der Waals surface area contributed by atoms with Gasteiger partial charge in [0.1, 0.15) is 5.38 Å². The highest BCUT2D eigenvalue weighted by molar-refractivity contribution is 6.30. The van der Waals surface area contributed by atoms with Crippen LogP contribution in [0.3, 0.4) is 0 Å². The van der Waals surface area contributed by atoms with Crippen LogP contribution in [0.4, 0.5) is 0 Å². The lowest BCUT2D eigenvalue weighted by molar-refractivity contribution is -0.123. The highest BCUT2D eigenvalue weighted by Gasteiger charge is 2.22. The van der Waals surface area contributed by atoms with Crippen LogP contribution in [0.5, 0.6) is 0 Å². The predicted octanol–water partition coefficient (Wildman–Crippen LogP) is -0.0597. The Balaban J connectivity index is 2.26. The lowest BCUT2D eigenvalue weighted by Crippen LogP contribution is -2.48. The minimum Gasteiger partial charge on any atom is -0.358 e. The van der Waals surface area contributed by atoms with E-state index in [1.54, 1.807) is 14.0 Å². The summed E-state index contributed by atoms with van der Waals surface area (Å²) in [5.41, 5.74) is 0. The number of rotatable bonds is 4. The van der Waals surface area contributed by atoms with E-state index in [0.29, 0.717) is 6.54 Å². The Morgan fingerprint density at radius 2 is 2.00 bits per heavy atom. The quantitative estimate of drug-likeness (QED) is 0.697. The molecule has 2 amide bonds. The van der Waals surface area contributed by atoms with Crippen LogP contribution >= 0.6 is 11.6 Å². The third-order valence-corrected chi connectivity index (χ3v) is 3.14. The van der Waals surface area contributed by atoms with Crippen molar-refractivity contribution in [2.45, 2.75) is 31.2 Å². The van der Waals surface area contributed by atoms with Crippen molar-refractivity contribution in [3.63, 3.8) is 0 Å². The van der Waals surface area contributed by atoms with Crippen LogP contribution in [-0.2, 0) is 9.59 Å². The summed E-state index contributed by atoms with van der Waals surface area (Å²) in [5, 5.41) is 5.02. The molecule has 1 fully saturated rings. The molecular weight excluding hydrogens is 242 g/mol. The second-order valence-electron chi connectivity index (χ2n) is 4.35. The first-order chi connectivity index (χ1) is 8.02. The fourth-order valence-corrected chi connectivity index (χ4v) is 1.90. The van der Waals surface area contributed by atoms with E-state index in [0.717, 1.165) is 25.9 Å². The van der Waals surface area contributed by atoms with Gasteiger partial charge < -0.3 is 10.6 Å². The van der Waals surface area contributed by atoms with Crippen LogP contribution in [0, 0.1) is 0 Å². The Bertz CT molecular complexity index is 276. The molecule has 1 aliphatic rings. The smallest absolute Gasteiger partial charge is 0.237 e. The van der Waals surface area contributed by atoms with Gasteiger partial charge in [-0.15, -0.1) is 11.6 Å². The highest BCUT2D eigenvalue weighted by Crippen LogP contribution is 2.10. The first kappa shape index (κ1) is 14.3. The fraction of sp³-hybridized carbons (Fsp3) is 0.818. The van der Waals surface area contributed by atoms with Crippen LogP contribution in [-0.4, -0.2) is 54.8 Å². The number of alkyl halides is 1. The molecule has 98 valence electrons. The Morgan fingerprint density at radius 1 is 1.41 bits per heavy atom. The summed E-state index contributed by atoms with van der Waals surface area (Å²) < 4.78 is 0. The summed E-state index contributed by atoms with van der Waals surface area (Å²) in [6.45, 7) is 3.75. The molecule has 1 atom stereocenters. The predicted molar refractivity (Wildman–Crippen MR) is 67.0 cm³/mol. The molecule has 0 radical (unpaired) electrons. The van der Waals surface area contributed by atoms with Crippen LogP contribution in [0.25, 0.3) is 0 Å². The summed E-state index contributed by atoms with van der Waals surface area (Å²) >= 11 is 5.69. The first-order valence-corrected chi connectivity index (χ1v) is 6.34. The number of hydrogen-bond acceptors (Lipinski definition) is 3. The molecule has 2 N–H and O–H groups in total. The van der Waals surface area contributed by atoms with E-state index in [-0.39, 0.29) is 17.9 Å². The van der Waals surface area contributed by atoms with E-state index in [9.17, 15) is 9.59 Å². The molecule has 1 aliphatic heterocycles. The van der Waals surface area contributed by atoms with Crippen molar-refractivity contribution in [2.24, 2.45) is 0 Å². The summed E-state index contributed by atoms with van der Waals surface area (Å²) in [6, 6.07) is 0.185. The van der Waals surface area contributed by atoms with E-state index in [1.807, 2.05) is 0 Å². The molecule has 0 saturated carbocycles. The van der Waals surface area contributed by atoms with Gasteiger partial charge in [0.25, 0.3) is 0 Å². The lowest BCUT2D eigenvalue weighted by atomic mass is 10.0. The van der Waals surface area contributed by atoms with Gasteiger partial charge in [-0.1, -0.05) is 0 Å². The second kappa shape index (κ2) is 6.81. The zero-order valence-corrected chi connectivity index (χ0v) is 11.1. The van der Waals surface area contributed by atoms with E-state index in [4.69, 9.17) is 11.6 Å². The maximum absolute atomic E-state index is 11.4. The van der Waals surface area contributed by atoms with E-state index in [1.165, 1.54) is 0 Å². The van der Waals surface area contributed by atoms with Crippen molar-refractivity contribution >= 4 is 23.4 Å². The number of amides is 2. The molecule has 0 aromatic heterocycles. The van der Waals surface area contributed by atoms with Gasteiger partial charge in [-0.3, -0.25) is 14.5 Å². The van der Waals surface area contributed by atoms with Crippen molar-refractivity contribution in [3.8, 4) is 0 Å². The van der Waals surface area contributed by atoms with Gasteiger partial charge in [-0.05, 0) is 19.8 Å². The number of hydrogen-bond donors (Lipinski definition) is 2. The van der Waals surface area contributed by atoms with Crippen molar-refractivity contribution < 1.29 is 9.59 Å². The van der Waals surface area contributed by atoms with Gasteiger partial charge in [0.15, 0.2) is 0 Å². The highest BCUT2D eigenvalue weighted by atomic mass is 35.5. The van der Waals surface area contributed by atoms with Crippen LogP contribution in [0.15, 0.2) is 0 Å². The van der Waals surface area contributed by atoms with E-state index >= 15 is 0 Å². The number of nitrogens with zero attached hydrogens (tertiary/aromatic N) is 1. The van der Waals surface area contributed by atoms with E-state index < -0.39 is 5.38 Å². The maximum atomic E-state index is 11.4. The molecule has 0 aromatic rings. The molecule has 1 heterocycles. The molecule has 5 nitrogen and oxygen atoms in total. The Kier molecular flexibility index (Phi) is 5.71. The summed E-state index contributed by atoms with van der Waals surface area (Å²) in [5.74, 6) is -0.0849. The zero-order chi connectivity index (χ0) is 12.8. The van der Waals surface area contributed by atoms with Crippen molar-refractivity contribution in [1.82, 2.24) is 15.5 Å². The molecule has 0 bridgehead atoms. The van der Waals surface area contributed by atoms with Gasteiger partial charge in [0, 0.05) is 26.2 Å². The van der Waals surface area contributed by atoms with Crippen LogP contribution < -0.4 is 10.6 Å². The largest absolute Gasteiger partial charge is 0.358 e. The third-order valence-electron chi connectivity index (χ3n) is 2.94. The lowest BCUT2D eigenvalue weighted by Gasteiger charge is -2.31. The first-order valence-electron chi connectivity index (χ1n) is 5.90. The van der Waals surface area contributed by atoms with Gasteiger partial charge in [-0.2, -0.15) is 0 Å². The van der Waals surface area contributed by atoms with Crippen molar-refractivity contribution in [3.05, 3.63) is 0 Å². The number of carbonyl (C=O) groups is 2. The van der Waals surface area contributed by atoms with Crippen molar-refractivity contribution in [2.75, 3.05) is 26.7 Å². The Labute approximate surface area is 107 Å². The number of likely N-dealkylation sites (tertiary alicyclic amines) is 1. The monoisotopic (exact) mass is 261 g/mol. The second-order valence-corrected chi connectivity index (χ2v) is 5.00. The maximum Gasteiger partial charge on any atom is 0.237 e. The fourth-order valence-electron chi connectivity index (χ4n) is 1.83. The van der Waals surface area contributed by atoms with Crippen molar-refractivity contribution in [1.29, 1.82) is 0 Å². The molecular formula is C11H20ClN3O2. The topological polar surface area (TPSA) is 61.4 Å². The standard InChI is InChI=1S/C11H20ClN3O2/c1-8(12)11(17)14-9-3-5-15(6-4-9)7-10(16)13-2/h8-9H,3-7H2,1-2H3,(H,13,16)(H,14,17). The zero-order valence-electron chi connectivity index (χ0n) is 10.3. The number of likely N-dealkylation sites (N-methyl/N-ethyl adjacent to an activating group) is 1. The number of carbonyl (C=O) groups excluding carboxylic acids is 2. The molecule has 0 aromatic carbocycles. The summed E-state index contributed by atoms with van der Waals surface area (Å²) in [4.78, 5) is 24.7. The molecule has 1 rings (SSSR count). The average molecular weight is 262 g/mol. The van der Waals surface area contributed by atoms with Gasteiger partial charge in [0.2, 0.25) is 11.8 Å². The van der Waals surface area contributed by atoms with Crippen LogP contribution in [0.2, 0.25) is 0 Å². The van der Waals surface area contributed by atoms with Gasteiger partial charge in [-0.25, -0.2) is 0 Å². The average Bonchev–Trinajstić information content (AvgIpc) is 2.31. The van der Waals surface area contributed by atoms with Gasteiger partial charge in [0.05, 0.1) is 6.54 Å². The van der Waals surface area contributed by atoms with Crippen LogP contribution in [0.1, 0.15) is 19.8 Å². The molecule has 1 unspecified atom stereocenters. The summed E-state index contributed by atoms with van der Waals surface area (Å²) in [7, 11) is 1.64. The number of nitrogens with one attached hydrogen (secondary N) is 2. The molecule has 17 heavy (non-hydrogen) atoms.